The molecule has 1 aliphatic heterocycles. The monoisotopic (exact) mass is 220 g/mol. The molecule has 1 N–H and O–H groups in total. The second kappa shape index (κ2) is 4.64. The molecule has 0 unspecified atom stereocenters. The van der Waals surface area contributed by atoms with Crippen molar-refractivity contribution in [3.8, 4) is 0 Å². The molecule has 0 atom stereocenters. The minimum Gasteiger partial charge on any atom is -0.357 e. The Morgan fingerprint density at radius 2 is 1.94 bits per heavy atom. The average Bonchev–Trinajstić information content (AvgIpc) is 2.32. The van der Waals surface area contributed by atoms with E-state index < -0.39 is 0 Å². The normalized spacial score (nSPS) is 16.2. The minimum atomic E-state index is -0.262. The topological polar surface area (TPSA) is 27.1 Å². The molecule has 86 valence electrons. The zero-order valence-corrected chi connectivity index (χ0v) is 9.59. The van der Waals surface area contributed by atoms with E-state index in [1.54, 1.807) is 6.07 Å². The van der Waals surface area contributed by atoms with Gasteiger partial charge in [0.2, 0.25) is 0 Å². The molecule has 1 aromatic rings. The Morgan fingerprint density at radius 1 is 1.25 bits per heavy atom. The Bertz CT molecular complexity index is 395. The molecule has 2 nitrogen and oxygen atoms in total. The number of piperidine rings is 1. The van der Waals surface area contributed by atoms with Gasteiger partial charge in [-0.15, -0.1) is 0 Å². The minimum absolute atomic E-state index is 0.262. The van der Waals surface area contributed by atoms with E-state index in [0.29, 0.717) is 5.84 Å². The fraction of sp³-hybridized carbons (Fsp3) is 0.462. The number of halogens is 1. The van der Waals surface area contributed by atoms with Crippen LogP contribution in [-0.4, -0.2) is 23.8 Å². The smallest absolute Gasteiger partial charge is 0.128 e. The van der Waals surface area contributed by atoms with Crippen LogP contribution in [0.25, 0.3) is 0 Å². The lowest BCUT2D eigenvalue weighted by atomic mass is 10.0. The van der Waals surface area contributed by atoms with Gasteiger partial charge in [-0.25, -0.2) is 4.39 Å². The standard InChI is InChI=1S/C13H17FN2/c1-10-5-6-11(14)9-12(10)13(15)16-7-3-2-4-8-16/h5-6,9,15H,2-4,7-8H2,1H3. The molecule has 2 rings (SSSR count). The molecular formula is C13H17FN2. The number of nitrogens with zero attached hydrogens (tertiary/aromatic N) is 1. The molecule has 1 fully saturated rings. The van der Waals surface area contributed by atoms with Crippen LogP contribution in [0.1, 0.15) is 30.4 Å². The highest BCUT2D eigenvalue weighted by Crippen LogP contribution is 2.16. The van der Waals surface area contributed by atoms with Gasteiger partial charge < -0.3 is 4.90 Å². The number of hydrogen-bond donors (Lipinski definition) is 1. The van der Waals surface area contributed by atoms with E-state index in [1.807, 2.05) is 11.8 Å². The van der Waals surface area contributed by atoms with Crippen molar-refractivity contribution in [2.24, 2.45) is 0 Å². The first-order valence-corrected chi connectivity index (χ1v) is 5.78. The van der Waals surface area contributed by atoms with Crippen molar-refractivity contribution in [2.45, 2.75) is 26.2 Å². The van der Waals surface area contributed by atoms with Crippen molar-refractivity contribution in [1.82, 2.24) is 4.90 Å². The average molecular weight is 220 g/mol. The van der Waals surface area contributed by atoms with Crippen molar-refractivity contribution in [1.29, 1.82) is 5.41 Å². The van der Waals surface area contributed by atoms with Gasteiger partial charge in [0.25, 0.3) is 0 Å². The predicted octanol–water partition coefficient (Wildman–Crippen LogP) is 2.95. The largest absolute Gasteiger partial charge is 0.357 e. The van der Waals surface area contributed by atoms with Crippen LogP contribution in [-0.2, 0) is 0 Å². The summed E-state index contributed by atoms with van der Waals surface area (Å²) in [4.78, 5) is 2.05. The first-order chi connectivity index (χ1) is 7.68. The van der Waals surface area contributed by atoms with Gasteiger partial charge in [0.05, 0.1) is 0 Å². The Balaban J connectivity index is 2.22. The van der Waals surface area contributed by atoms with Gasteiger partial charge >= 0.3 is 0 Å². The zero-order chi connectivity index (χ0) is 11.5. The lowest BCUT2D eigenvalue weighted by molar-refractivity contribution is 0.341. The number of amidine groups is 1. The molecule has 1 aliphatic rings. The number of rotatable bonds is 1. The number of nitrogens with one attached hydrogen (secondary N) is 1. The number of hydrogen-bond acceptors (Lipinski definition) is 1. The van der Waals surface area contributed by atoms with E-state index in [-0.39, 0.29) is 5.82 Å². The lowest BCUT2D eigenvalue weighted by Gasteiger charge is -2.29. The first-order valence-electron chi connectivity index (χ1n) is 5.78. The van der Waals surface area contributed by atoms with Gasteiger partial charge in [-0.05, 0) is 43.9 Å². The van der Waals surface area contributed by atoms with Crippen LogP contribution < -0.4 is 0 Å². The van der Waals surface area contributed by atoms with Crippen LogP contribution in [0.3, 0.4) is 0 Å². The van der Waals surface area contributed by atoms with Gasteiger partial charge in [0.1, 0.15) is 11.7 Å². The van der Waals surface area contributed by atoms with E-state index in [0.717, 1.165) is 37.1 Å². The quantitative estimate of drug-likeness (QED) is 0.571. The Hall–Kier alpha value is -1.38. The Labute approximate surface area is 95.6 Å². The maximum absolute atomic E-state index is 13.2. The summed E-state index contributed by atoms with van der Waals surface area (Å²) in [6.07, 6.45) is 3.51. The fourth-order valence-electron chi connectivity index (χ4n) is 2.14. The van der Waals surface area contributed by atoms with Crippen LogP contribution >= 0.6 is 0 Å². The van der Waals surface area contributed by atoms with Gasteiger partial charge in [0.15, 0.2) is 0 Å². The first kappa shape index (κ1) is 11.1. The summed E-state index contributed by atoms with van der Waals surface area (Å²) in [6, 6.07) is 4.65. The van der Waals surface area contributed by atoms with E-state index in [2.05, 4.69) is 0 Å². The van der Waals surface area contributed by atoms with E-state index in [1.165, 1.54) is 18.6 Å². The molecule has 0 radical (unpaired) electrons. The van der Waals surface area contributed by atoms with Gasteiger partial charge in [-0.2, -0.15) is 0 Å². The van der Waals surface area contributed by atoms with Crippen LogP contribution in [0, 0.1) is 18.2 Å². The molecule has 0 aliphatic carbocycles. The van der Waals surface area contributed by atoms with Crippen LogP contribution in [0.15, 0.2) is 18.2 Å². The Morgan fingerprint density at radius 3 is 2.62 bits per heavy atom. The molecule has 0 aromatic heterocycles. The zero-order valence-electron chi connectivity index (χ0n) is 9.59. The summed E-state index contributed by atoms with van der Waals surface area (Å²) < 4.78 is 13.2. The summed E-state index contributed by atoms with van der Waals surface area (Å²) in [5, 5.41) is 8.12. The van der Waals surface area contributed by atoms with E-state index in [9.17, 15) is 4.39 Å². The highest BCUT2D eigenvalue weighted by Gasteiger charge is 2.16. The van der Waals surface area contributed by atoms with Crippen LogP contribution in [0.2, 0.25) is 0 Å². The molecule has 0 amide bonds. The summed E-state index contributed by atoms with van der Waals surface area (Å²) in [5.74, 6) is 0.207. The molecule has 16 heavy (non-hydrogen) atoms. The summed E-state index contributed by atoms with van der Waals surface area (Å²) in [7, 11) is 0. The van der Waals surface area contributed by atoms with E-state index >= 15 is 0 Å². The van der Waals surface area contributed by atoms with Crippen molar-refractivity contribution in [2.75, 3.05) is 13.1 Å². The van der Waals surface area contributed by atoms with Crippen molar-refractivity contribution < 1.29 is 4.39 Å². The van der Waals surface area contributed by atoms with Gasteiger partial charge in [0, 0.05) is 18.7 Å². The maximum Gasteiger partial charge on any atom is 0.128 e. The molecule has 3 heteroatoms. The molecule has 0 bridgehead atoms. The molecule has 1 aromatic carbocycles. The summed E-state index contributed by atoms with van der Waals surface area (Å²) in [5.41, 5.74) is 1.69. The number of likely N-dealkylation sites (tertiary alicyclic amines) is 1. The molecule has 1 heterocycles. The van der Waals surface area contributed by atoms with Crippen LogP contribution in [0.5, 0.6) is 0 Å². The SMILES string of the molecule is Cc1ccc(F)cc1C(=N)N1CCCCC1. The maximum atomic E-state index is 13.2. The summed E-state index contributed by atoms with van der Waals surface area (Å²) in [6.45, 7) is 3.77. The highest BCUT2D eigenvalue weighted by molar-refractivity contribution is 5.97. The number of benzene rings is 1. The van der Waals surface area contributed by atoms with Crippen molar-refractivity contribution >= 4 is 5.84 Å². The second-order valence-corrected chi connectivity index (χ2v) is 4.36. The second-order valence-electron chi connectivity index (χ2n) is 4.36. The molecule has 1 saturated heterocycles. The van der Waals surface area contributed by atoms with Crippen molar-refractivity contribution in [3.63, 3.8) is 0 Å². The Kier molecular flexibility index (Phi) is 3.22. The molecular weight excluding hydrogens is 203 g/mol. The molecule has 0 spiro atoms. The fourth-order valence-corrected chi connectivity index (χ4v) is 2.14. The third-order valence-corrected chi connectivity index (χ3v) is 3.13. The lowest BCUT2D eigenvalue weighted by Crippen LogP contribution is -2.36. The highest BCUT2D eigenvalue weighted by atomic mass is 19.1. The van der Waals surface area contributed by atoms with Crippen molar-refractivity contribution in [3.05, 3.63) is 35.1 Å². The van der Waals surface area contributed by atoms with E-state index in [4.69, 9.17) is 5.41 Å². The summed E-state index contributed by atoms with van der Waals surface area (Å²) >= 11 is 0. The third kappa shape index (κ3) is 2.23. The third-order valence-electron chi connectivity index (χ3n) is 3.13. The van der Waals surface area contributed by atoms with Gasteiger partial charge in [-0.1, -0.05) is 6.07 Å². The number of aryl methyl sites for hydroxylation is 1. The molecule has 0 saturated carbocycles. The van der Waals surface area contributed by atoms with Gasteiger partial charge in [-0.3, -0.25) is 5.41 Å². The predicted molar refractivity (Wildman–Crippen MR) is 63.4 cm³/mol. The van der Waals surface area contributed by atoms with Crippen LogP contribution in [0.4, 0.5) is 4.39 Å².